The number of amides is 1. The molecule has 8 heteroatoms. The Balaban J connectivity index is 1.67. The number of hydroxylamine groups is 2. The molecule has 2 N–H and O–H groups in total. The summed E-state index contributed by atoms with van der Waals surface area (Å²) in [6.07, 6.45) is -0.389. The van der Waals surface area contributed by atoms with Gasteiger partial charge in [0, 0.05) is 32.2 Å². The summed E-state index contributed by atoms with van der Waals surface area (Å²) < 4.78 is 7.18. The second kappa shape index (κ2) is 7.43. The van der Waals surface area contributed by atoms with Crippen LogP contribution in [0.1, 0.15) is 5.69 Å². The highest BCUT2D eigenvalue weighted by molar-refractivity contribution is 5.70. The molecular formula is C16H21N5O3. The van der Waals surface area contributed by atoms with E-state index < -0.39 is 0 Å². The van der Waals surface area contributed by atoms with Crippen LogP contribution in [-0.4, -0.2) is 58.7 Å². The van der Waals surface area contributed by atoms with Gasteiger partial charge in [-0.3, -0.25) is 4.84 Å². The van der Waals surface area contributed by atoms with Crippen LogP contribution in [0, 0.1) is 6.92 Å². The molecule has 1 fully saturated rings. The molecule has 0 unspecified atom stereocenters. The zero-order valence-corrected chi connectivity index (χ0v) is 13.6. The maximum atomic E-state index is 12.4. The first kappa shape index (κ1) is 16.4. The number of aromatic nitrogens is 2. The van der Waals surface area contributed by atoms with Crippen molar-refractivity contribution >= 4 is 6.09 Å². The van der Waals surface area contributed by atoms with Crippen molar-refractivity contribution in [2.45, 2.75) is 6.92 Å². The minimum absolute atomic E-state index is 0.139. The third kappa shape index (κ3) is 3.73. The first-order chi connectivity index (χ1) is 11.7. The fraction of sp³-hybridized carbons (Fsp3) is 0.375. The van der Waals surface area contributed by atoms with Crippen LogP contribution in [0.2, 0.25) is 0 Å². The Morgan fingerprint density at radius 1 is 1.21 bits per heavy atom. The van der Waals surface area contributed by atoms with Gasteiger partial charge in [0.1, 0.15) is 6.73 Å². The van der Waals surface area contributed by atoms with Gasteiger partial charge >= 0.3 is 6.09 Å². The first-order valence-corrected chi connectivity index (χ1v) is 7.84. The molecule has 2 heterocycles. The number of rotatable bonds is 4. The molecule has 24 heavy (non-hydrogen) atoms. The van der Waals surface area contributed by atoms with E-state index in [1.807, 2.05) is 37.3 Å². The molecule has 0 spiro atoms. The Hall–Kier alpha value is -2.42. The smallest absolute Gasteiger partial charge is 0.391 e. The predicted octanol–water partition coefficient (Wildman–Crippen LogP) is 1.14. The first-order valence-electron chi connectivity index (χ1n) is 7.84. The van der Waals surface area contributed by atoms with Gasteiger partial charge in [0.15, 0.2) is 0 Å². The number of ether oxygens (including phenoxy) is 1. The lowest BCUT2D eigenvalue weighted by atomic mass is 10.3. The van der Waals surface area contributed by atoms with E-state index in [1.165, 1.54) is 0 Å². The molecule has 0 aliphatic carbocycles. The van der Waals surface area contributed by atoms with Crippen LogP contribution >= 0.6 is 0 Å². The van der Waals surface area contributed by atoms with Crippen LogP contribution < -0.4 is 10.5 Å². The number of nitrogens with two attached hydrogens (primary N) is 1. The number of aryl methyl sites for hydroxylation is 1. The van der Waals surface area contributed by atoms with Crippen LogP contribution in [0.4, 0.5) is 4.79 Å². The van der Waals surface area contributed by atoms with Crippen molar-refractivity contribution in [3.8, 4) is 11.6 Å². The van der Waals surface area contributed by atoms with Gasteiger partial charge in [-0.25, -0.2) is 9.48 Å². The molecule has 1 aromatic carbocycles. The van der Waals surface area contributed by atoms with E-state index in [0.29, 0.717) is 32.1 Å². The predicted molar refractivity (Wildman–Crippen MR) is 87.6 cm³/mol. The van der Waals surface area contributed by atoms with Crippen molar-refractivity contribution in [2.24, 2.45) is 5.73 Å². The lowest BCUT2D eigenvalue weighted by molar-refractivity contribution is -0.172. The van der Waals surface area contributed by atoms with Crippen LogP contribution in [0.25, 0.3) is 5.69 Å². The number of hydrogen-bond acceptors (Lipinski definition) is 6. The largest absolute Gasteiger partial charge is 0.416 e. The van der Waals surface area contributed by atoms with E-state index in [0.717, 1.165) is 11.4 Å². The number of carbonyl (C=O) groups is 1. The van der Waals surface area contributed by atoms with Crippen molar-refractivity contribution in [1.29, 1.82) is 0 Å². The standard InChI is InChI=1S/C16H21N5O3/c1-13-11-15(21(18-13)14-5-3-2-4-6-14)24-16(22)19-7-9-20(10-8-19)23-12-17/h2-6,11H,7-10,12,17H2,1H3. The monoisotopic (exact) mass is 331 g/mol. The van der Waals surface area contributed by atoms with Gasteiger partial charge in [-0.15, -0.1) is 0 Å². The summed E-state index contributed by atoms with van der Waals surface area (Å²) in [6, 6.07) is 11.3. The SMILES string of the molecule is Cc1cc(OC(=O)N2CCN(OCN)CC2)n(-c2ccccc2)n1. The van der Waals surface area contributed by atoms with E-state index in [2.05, 4.69) is 5.10 Å². The molecule has 1 amide bonds. The lowest BCUT2D eigenvalue weighted by Gasteiger charge is -2.32. The number of hydrogen-bond donors (Lipinski definition) is 1. The van der Waals surface area contributed by atoms with Gasteiger partial charge < -0.3 is 15.4 Å². The Labute approximate surface area is 140 Å². The zero-order valence-electron chi connectivity index (χ0n) is 13.6. The third-order valence-electron chi connectivity index (χ3n) is 3.75. The molecule has 3 rings (SSSR count). The van der Waals surface area contributed by atoms with Gasteiger partial charge in [0.2, 0.25) is 5.88 Å². The van der Waals surface area contributed by atoms with Crippen LogP contribution in [0.15, 0.2) is 36.4 Å². The summed E-state index contributed by atoms with van der Waals surface area (Å²) in [6.45, 7) is 4.25. The minimum Gasteiger partial charge on any atom is -0.391 e. The fourth-order valence-corrected chi connectivity index (χ4v) is 2.56. The maximum Gasteiger partial charge on any atom is 0.416 e. The normalized spacial score (nSPS) is 15.5. The second-order valence-corrected chi connectivity index (χ2v) is 5.45. The maximum absolute atomic E-state index is 12.4. The number of nitrogens with zero attached hydrogens (tertiary/aromatic N) is 4. The van der Waals surface area contributed by atoms with Gasteiger partial charge in [-0.1, -0.05) is 18.2 Å². The molecular weight excluding hydrogens is 310 g/mol. The number of piperazine rings is 1. The van der Waals surface area contributed by atoms with Crippen LogP contribution in [0.5, 0.6) is 5.88 Å². The molecule has 0 radical (unpaired) electrons. The fourth-order valence-electron chi connectivity index (χ4n) is 2.56. The summed E-state index contributed by atoms with van der Waals surface area (Å²) in [5.74, 6) is 0.407. The van der Waals surface area contributed by atoms with Crippen molar-refractivity contribution in [2.75, 3.05) is 32.9 Å². The molecule has 8 nitrogen and oxygen atoms in total. The number of carbonyl (C=O) groups excluding carboxylic acids is 1. The highest BCUT2D eigenvalue weighted by Gasteiger charge is 2.24. The molecule has 0 atom stereocenters. The molecule has 0 saturated carbocycles. The van der Waals surface area contributed by atoms with Gasteiger partial charge in [0.25, 0.3) is 0 Å². The van der Waals surface area contributed by atoms with Crippen LogP contribution in [0.3, 0.4) is 0 Å². The van der Waals surface area contributed by atoms with Crippen LogP contribution in [-0.2, 0) is 4.84 Å². The Morgan fingerprint density at radius 2 is 1.92 bits per heavy atom. The van der Waals surface area contributed by atoms with E-state index >= 15 is 0 Å². The van der Waals surface area contributed by atoms with Crippen molar-refractivity contribution in [3.63, 3.8) is 0 Å². The molecule has 128 valence electrons. The number of para-hydroxylation sites is 1. The van der Waals surface area contributed by atoms with Crippen molar-refractivity contribution in [1.82, 2.24) is 19.7 Å². The average molecular weight is 331 g/mol. The molecule has 1 aliphatic rings. The summed E-state index contributed by atoms with van der Waals surface area (Å²) in [5, 5.41) is 6.15. The topological polar surface area (TPSA) is 85.9 Å². The quantitative estimate of drug-likeness (QED) is 0.846. The Morgan fingerprint density at radius 3 is 2.58 bits per heavy atom. The summed E-state index contributed by atoms with van der Waals surface area (Å²) in [4.78, 5) is 19.3. The third-order valence-corrected chi connectivity index (χ3v) is 3.75. The summed E-state index contributed by atoms with van der Waals surface area (Å²) in [5.41, 5.74) is 6.97. The van der Waals surface area contributed by atoms with Gasteiger partial charge in [-0.05, 0) is 19.1 Å². The molecule has 1 aliphatic heterocycles. The highest BCUT2D eigenvalue weighted by atomic mass is 16.7. The Bertz CT molecular complexity index is 680. The average Bonchev–Trinajstić information content (AvgIpc) is 2.97. The molecule has 2 aromatic rings. The summed E-state index contributed by atoms with van der Waals surface area (Å²) in [7, 11) is 0. The number of benzene rings is 1. The van der Waals surface area contributed by atoms with E-state index in [1.54, 1.807) is 20.7 Å². The highest BCUT2D eigenvalue weighted by Crippen LogP contribution is 2.20. The van der Waals surface area contributed by atoms with Gasteiger partial charge in [-0.2, -0.15) is 10.2 Å². The minimum atomic E-state index is -0.389. The second-order valence-electron chi connectivity index (χ2n) is 5.45. The van der Waals surface area contributed by atoms with E-state index in [4.69, 9.17) is 15.3 Å². The van der Waals surface area contributed by atoms with E-state index in [9.17, 15) is 4.79 Å². The van der Waals surface area contributed by atoms with E-state index in [-0.39, 0.29) is 12.8 Å². The van der Waals surface area contributed by atoms with Crippen molar-refractivity contribution < 1.29 is 14.4 Å². The molecule has 1 aromatic heterocycles. The molecule has 0 bridgehead atoms. The Kier molecular flexibility index (Phi) is 5.09. The zero-order chi connectivity index (χ0) is 16.9. The summed E-state index contributed by atoms with van der Waals surface area (Å²) >= 11 is 0. The van der Waals surface area contributed by atoms with Crippen molar-refractivity contribution in [3.05, 3.63) is 42.1 Å². The molecule has 1 saturated heterocycles. The van der Waals surface area contributed by atoms with Gasteiger partial charge in [0.05, 0.1) is 11.4 Å². The lowest BCUT2D eigenvalue weighted by Crippen LogP contribution is -2.49.